The number of hydroxylamine groups is 2. The third-order valence-corrected chi connectivity index (χ3v) is 3.76. The van der Waals surface area contributed by atoms with Gasteiger partial charge in [0, 0.05) is 31.9 Å². The first-order valence-electron chi connectivity index (χ1n) is 6.57. The summed E-state index contributed by atoms with van der Waals surface area (Å²) in [5.74, 6) is -0.534. The molecule has 5 nitrogen and oxygen atoms in total. The Labute approximate surface area is 120 Å². The molecule has 0 saturated carbocycles. The lowest BCUT2D eigenvalue weighted by atomic mass is 10.2. The van der Waals surface area contributed by atoms with Gasteiger partial charge in [-0.05, 0) is 24.6 Å². The van der Waals surface area contributed by atoms with E-state index in [1.165, 1.54) is 6.07 Å². The summed E-state index contributed by atoms with van der Waals surface area (Å²) in [6.45, 7) is 5.38. The minimum Gasteiger partial charge on any atom is -0.772 e. The minimum absolute atomic E-state index is 0.157. The maximum Gasteiger partial charge on any atom is 0.146 e. The molecule has 0 radical (unpaired) electrons. The van der Waals surface area contributed by atoms with Crippen molar-refractivity contribution in [1.29, 1.82) is 0 Å². The molecule has 1 aliphatic rings. The summed E-state index contributed by atoms with van der Waals surface area (Å²) in [7, 11) is 0. The molecule has 1 heterocycles. The van der Waals surface area contributed by atoms with Crippen molar-refractivity contribution in [2.45, 2.75) is 12.7 Å². The molecule has 1 unspecified atom stereocenters. The molecule has 0 N–H and O–H groups in total. The lowest BCUT2D eigenvalue weighted by Gasteiger charge is -2.35. The SMILES string of the molecule is CCON1CCN(c2ccc(CS(=O)[O-])cc2F)CC1. The molecule has 20 heavy (non-hydrogen) atoms. The predicted molar refractivity (Wildman–Crippen MR) is 74.4 cm³/mol. The van der Waals surface area contributed by atoms with E-state index in [9.17, 15) is 13.2 Å². The number of benzene rings is 1. The summed E-state index contributed by atoms with van der Waals surface area (Å²) in [5.41, 5.74) is 0.981. The first-order chi connectivity index (χ1) is 9.60. The molecule has 1 aliphatic heterocycles. The highest BCUT2D eigenvalue weighted by molar-refractivity contribution is 7.78. The summed E-state index contributed by atoms with van der Waals surface area (Å²) in [6.07, 6.45) is 0. The van der Waals surface area contributed by atoms with E-state index in [-0.39, 0.29) is 11.6 Å². The average molecular weight is 301 g/mol. The van der Waals surface area contributed by atoms with Crippen LogP contribution < -0.4 is 4.90 Å². The van der Waals surface area contributed by atoms with Crippen molar-refractivity contribution in [3.8, 4) is 0 Å². The number of hydrogen-bond acceptors (Lipinski definition) is 5. The van der Waals surface area contributed by atoms with Crippen LogP contribution in [0.15, 0.2) is 18.2 Å². The third-order valence-electron chi connectivity index (χ3n) is 3.19. The van der Waals surface area contributed by atoms with Crippen LogP contribution in [-0.2, 0) is 21.7 Å². The first-order valence-corrected chi connectivity index (χ1v) is 7.81. The van der Waals surface area contributed by atoms with Crippen molar-refractivity contribution < 1.29 is 18.0 Å². The fourth-order valence-electron chi connectivity index (χ4n) is 2.27. The van der Waals surface area contributed by atoms with E-state index >= 15 is 0 Å². The van der Waals surface area contributed by atoms with E-state index in [1.54, 1.807) is 12.1 Å². The summed E-state index contributed by atoms with van der Waals surface area (Å²) in [5, 5.41) is 1.88. The van der Waals surface area contributed by atoms with Crippen LogP contribution in [0.5, 0.6) is 0 Å². The zero-order valence-corrected chi connectivity index (χ0v) is 12.2. The molecule has 1 aromatic rings. The monoisotopic (exact) mass is 301 g/mol. The zero-order valence-electron chi connectivity index (χ0n) is 11.4. The minimum atomic E-state index is -2.20. The normalized spacial score (nSPS) is 18.2. The average Bonchev–Trinajstić information content (AvgIpc) is 2.40. The predicted octanol–water partition coefficient (Wildman–Crippen LogP) is 1.28. The molecule has 1 saturated heterocycles. The Hall–Kier alpha value is -1.02. The van der Waals surface area contributed by atoms with Crippen LogP contribution in [0, 0.1) is 5.82 Å². The fraction of sp³-hybridized carbons (Fsp3) is 0.538. The lowest BCUT2D eigenvalue weighted by Crippen LogP contribution is -2.46. The molecular formula is C13H18FN2O3S-. The summed E-state index contributed by atoms with van der Waals surface area (Å²) < 4.78 is 35.3. The lowest BCUT2D eigenvalue weighted by molar-refractivity contribution is -0.156. The topological polar surface area (TPSA) is 55.8 Å². The van der Waals surface area contributed by atoms with E-state index in [0.717, 1.165) is 13.1 Å². The van der Waals surface area contributed by atoms with Crippen LogP contribution >= 0.6 is 0 Å². The highest BCUT2D eigenvalue weighted by atomic mass is 32.2. The maximum atomic E-state index is 14.0. The molecule has 7 heteroatoms. The molecular weight excluding hydrogens is 283 g/mol. The van der Waals surface area contributed by atoms with Gasteiger partial charge in [0.15, 0.2) is 0 Å². The van der Waals surface area contributed by atoms with Crippen molar-refractivity contribution in [2.75, 3.05) is 37.7 Å². The van der Waals surface area contributed by atoms with Crippen LogP contribution in [-0.4, -0.2) is 46.6 Å². The Morgan fingerprint density at radius 3 is 2.60 bits per heavy atom. The van der Waals surface area contributed by atoms with Gasteiger partial charge < -0.3 is 9.45 Å². The maximum absolute atomic E-state index is 14.0. The molecule has 0 amide bonds. The van der Waals surface area contributed by atoms with Crippen molar-refractivity contribution >= 4 is 16.8 Å². The number of rotatable bonds is 5. The van der Waals surface area contributed by atoms with Gasteiger partial charge in [0.1, 0.15) is 5.82 Å². The van der Waals surface area contributed by atoms with E-state index in [2.05, 4.69) is 0 Å². The first kappa shape index (κ1) is 15.4. The van der Waals surface area contributed by atoms with Crippen molar-refractivity contribution in [1.82, 2.24) is 5.06 Å². The van der Waals surface area contributed by atoms with Gasteiger partial charge in [-0.3, -0.25) is 9.05 Å². The summed E-state index contributed by atoms with van der Waals surface area (Å²) in [6, 6.07) is 4.59. The number of piperazine rings is 1. The second-order valence-electron chi connectivity index (χ2n) is 4.57. The van der Waals surface area contributed by atoms with E-state index in [4.69, 9.17) is 4.84 Å². The molecule has 1 atom stereocenters. The van der Waals surface area contributed by atoms with Gasteiger partial charge in [0.25, 0.3) is 0 Å². The largest absolute Gasteiger partial charge is 0.772 e. The molecule has 0 spiro atoms. The Kier molecular flexibility index (Phi) is 5.47. The Bertz CT molecular complexity index is 479. The van der Waals surface area contributed by atoms with E-state index in [1.807, 2.05) is 16.9 Å². The quantitative estimate of drug-likeness (QED) is 0.767. The fourth-order valence-corrected chi connectivity index (χ4v) is 2.73. The van der Waals surface area contributed by atoms with Crippen molar-refractivity contribution in [3.63, 3.8) is 0 Å². The van der Waals surface area contributed by atoms with Crippen LogP contribution in [0.3, 0.4) is 0 Å². The second kappa shape index (κ2) is 7.12. The van der Waals surface area contributed by atoms with Gasteiger partial charge in [0.2, 0.25) is 0 Å². The highest BCUT2D eigenvalue weighted by Gasteiger charge is 2.19. The number of nitrogens with zero attached hydrogens (tertiary/aromatic N) is 2. The molecule has 1 aromatic carbocycles. The highest BCUT2D eigenvalue weighted by Crippen LogP contribution is 2.22. The summed E-state index contributed by atoms with van der Waals surface area (Å²) in [4.78, 5) is 7.35. The van der Waals surface area contributed by atoms with Crippen molar-refractivity contribution in [3.05, 3.63) is 29.6 Å². The zero-order chi connectivity index (χ0) is 14.5. The summed E-state index contributed by atoms with van der Waals surface area (Å²) >= 11 is -2.20. The van der Waals surface area contributed by atoms with E-state index < -0.39 is 11.1 Å². The van der Waals surface area contributed by atoms with Gasteiger partial charge >= 0.3 is 0 Å². The number of anilines is 1. The third kappa shape index (κ3) is 3.99. The van der Waals surface area contributed by atoms with Gasteiger partial charge in [-0.25, -0.2) is 4.39 Å². The Morgan fingerprint density at radius 1 is 1.35 bits per heavy atom. The van der Waals surface area contributed by atoms with Crippen LogP contribution in [0.25, 0.3) is 0 Å². The van der Waals surface area contributed by atoms with Gasteiger partial charge in [-0.2, -0.15) is 5.06 Å². The van der Waals surface area contributed by atoms with Gasteiger partial charge in [-0.15, -0.1) is 0 Å². The molecule has 0 bridgehead atoms. The second-order valence-corrected chi connectivity index (χ2v) is 5.46. The molecule has 0 aromatic heterocycles. The Balaban J connectivity index is 2.01. The van der Waals surface area contributed by atoms with Crippen molar-refractivity contribution in [2.24, 2.45) is 0 Å². The smallest absolute Gasteiger partial charge is 0.146 e. The number of hydrogen-bond donors (Lipinski definition) is 0. The Morgan fingerprint density at radius 2 is 2.05 bits per heavy atom. The number of halogens is 1. The van der Waals surface area contributed by atoms with Crippen LogP contribution in [0.4, 0.5) is 10.1 Å². The van der Waals surface area contributed by atoms with Crippen LogP contribution in [0.2, 0.25) is 0 Å². The molecule has 2 rings (SSSR count). The van der Waals surface area contributed by atoms with E-state index in [0.29, 0.717) is 30.9 Å². The van der Waals surface area contributed by atoms with Gasteiger partial charge in [-0.1, -0.05) is 17.1 Å². The van der Waals surface area contributed by atoms with Gasteiger partial charge in [0.05, 0.1) is 12.3 Å². The molecule has 112 valence electrons. The van der Waals surface area contributed by atoms with Crippen LogP contribution in [0.1, 0.15) is 12.5 Å². The molecule has 1 fully saturated rings. The molecule has 0 aliphatic carbocycles. The standard InChI is InChI=1S/C13H19FN2O3S/c1-2-19-16-7-5-15(6-8-16)13-4-3-11(9-12(13)14)10-20(17)18/h3-4,9H,2,5-8,10H2,1H3,(H,17,18)/p-1.